The fourth-order valence-corrected chi connectivity index (χ4v) is 3.83. The zero-order chi connectivity index (χ0) is 20.1. The van der Waals surface area contributed by atoms with Crippen molar-refractivity contribution in [1.29, 1.82) is 0 Å². The monoisotopic (exact) mass is 380 g/mol. The van der Waals surface area contributed by atoms with Crippen LogP contribution in [0.3, 0.4) is 0 Å². The molecule has 0 radical (unpaired) electrons. The number of carboxylic acids is 1. The van der Waals surface area contributed by atoms with E-state index in [4.69, 9.17) is 5.11 Å². The van der Waals surface area contributed by atoms with E-state index in [1.807, 2.05) is 6.92 Å². The molecule has 2 N–H and O–H groups in total. The number of hydrogen-bond acceptors (Lipinski definition) is 3. The SMILES string of the molecule is Cc1cccc(CN2CCCC[C@@H]2C(=O)N[C@@H](C)c2ccc(C(=O)O)cc2)c1. The van der Waals surface area contributed by atoms with Crippen LogP contribution in [0.4, 0.5) is 0 Å². The number of nitrogens with one attached hydrogen (secondary N) is 1. The summed E-state index contributed by atoms with van der Waals surface area (Å²) in [7, 11) is 0. The number of carboxylic acid groups (broad SMARTS) is 1. The standard InChI is InChI=1S/C23H28N2O3/c1-16-6-5-7-18(14-16)15-25-13-4-3-8-21(25)22(26)24-17(2)19-9-11-20(12-10-19)23(27)28/h5-7,9-12,14,17,21H,3-4,8,13,15H2,1-2H3,(H,24,26)(H,27,28)/t17-,21+/m0/s1. The Balaban J connectivity index is 1.65. The summed E-state index contributed by atoms with van der Waals surface area (Å²) in [5.41, 5.74) is 3.62. The van der Waals surface area contributed by atoms with E-state index in [1.165, 1.54) is 11.1 Å². The lowest BCUT2D eigenvalue weighted by Gasteiger charge is -2.35. The molecular weight excluding hydrogens is 352 g/mol. The zero-order valence-corrected chi connectivity index (χ0v) is 16.5. The van der Waals surface area contributed by atoms with Gasteiger partial charge in [0.05, 0.1) is 17.6 Å². The van der Waals surface area contributed by atoms with Crippen LogP contribution >= 0.6 is 0 Å². The largest absolute Gasteiger partial charge is 0.478 e. The minimum absolute atomic E-state index is 0.0437. The van der Waals surface area contributed by atoms with E-state index >= 15 is 0 Å². The van der Waals surface area contributed by atoms with Gasteiger partial charge in [-0.3, -0.25) is 9.69 Å². The molecule has 0 unspecified atom stereocenters. The van der Waals surface area contributed by atoms with Crippen molar-refractivity contribution in [2.75, 3.05) is 6.54 Å². The molecule has 0 spiro atoms. The third kappa shape index (κ3) is 4.98. The van der Waals surface area contributed by atoms with Crippen LogP contribution in [0.1, 0.15) is 59.3 Å². The maximum Gasteiger partial charge on any atom is 0.335 e. The maximum absolute atomic E-state index is 13.0. The van der Waals surface area contributed by atoms with Crippen LogP contribution < -0.4 is 5.32 Å². The zero-order valence-electron chi connectivity index (χ0n) is 16.5. The van der Waals surface area contributed by atoms with Gasteiger partial charge in [0.15, 0.2) is 0 Å². The predicted molar refractivity (Wildman–Crippen MR) is 109 cm³/mol. The van der Waals surface area contributed by atoms with Gasteiger partial charge in [-0.1, -0.05) is 48.4 Å². The van der Waals surface area contributed by atoms with Crippen molar-refractivity contribution in [2.45, 2.75) is 51.7 Å². The average molecular weight is 380 g/mol. The molecule has 5 nitrogen and oxygen atoms in total. The van der Waals surface area contributed by atoms with Crippen molar-refractivity contribution in [2.24, 2.45) is 0 Å². The second-order valence-corrected chi connectivity index (χ2v) is 7.63. The summed E-state index contributed by atoms with van der Waals surface area (Å²) >= 11 is 0. The molecule has 1 fully saturated rings. The summed E-state index contributed by atoms with van der Waals surface area (Å²) in [4.78, 5) is 26.2. The molecule has 1 aliphatic heterocycles. The molecule has 2 atom stereocenters. The number of rotatable bonds is 6. The fraction of sp³-hybridized carbons (Fsp3) is 0.391. The summed E-state index contributed by atoms with van der Waals surface area (Å²) in [6.07, 6.45) is 3.04. The van der Waals surface area contributed by atoms with Crippen LogP contribution in [-0.4, -0.2) is 34.5 Å². The van der Waals surface area contributed by atoms with Crippen LogP contribution in [0, 0.1) is 6.92 Å². The minimum atomic E-state index is -0.947. The van der Waals surface area contributed by atoms with Gasteiger partial charge in [-0.15, -0.1) is 0 Å². The van der Waals surface area contributed by atoms with E-state index in [9.17, 15) is 9.59 Å². The molecule has 0 saturated carbocycles. The molecule has 1 saturated heterocycles. The van der Waals surface area contributed by atoms with E-state index in [0.29, 0.717) is 0 Å². The Bertz CT molecular complexity index is 832. The molecule has 0 aromatic heterocycles. The summed E-state index contributed by atoms with van der Waals surface area (Å²) in [5, 5.41) is 12.1. The maximum atomic E-state index is 13.0. The molecule has 5 heteroatoms. The van der Waals surface area contributed by atoms with Crippen molar-refractivity contribution in [3.8, 4) is 0 Å². The van der Waals surface area contributed by atoms with Gasteiger partial charge in [0.1, 0.15) is 0 Å². The van der Waals surface area contributed by atoms with Crippen LogP contribution in [0.2, 0.25) is 0 Å². The Labute approximate surface area is 166 Å². The molecule has 28 heavy (non-hydrogen) atoms. The summed E-state index contributed by atoms with van der Waals surface area (Å²) < 4.78 is 0. The third-order valence-electron chi connectivity index (χ3n) is 5.40. The van der Waals surface area contributed by atoms with E-state index in [0.717, 1.165) is 37.9 Å². The first kappa shape index (κ1) is 20.1. The lowest BCUT2D eigenvalue weighted by atomic mass is 9.99. The molecule has 1 aliphatic rings. The lowest BCUT2D eigenvalue weighted by Crippen LogP contribution is -2.49. The quantitative estimate of drug-likeness (QED) is 0.797. The average Bonchev–Trinajstić information content (AvgIpc) is 2.68. The van der Waals surface area contributed by atoms with Crippen molar-refractivity contribution in [3.05, 3.63) is 70.8 Å². The number of aromatic carboxylic acids is 1. The number of aryl methyl sites for hydroxylation is 1. The Morgan fingerprint density at radius 3 is 2.61 bits per heavy atom. The van der Waals surface area contributed by atoms with Gasteiger partial charge in [0.2, 0.25) is 5.91 Å². The second-order valence-electron chi connectivity index (χ2n) is 7.63. The van der Waals surface area contributed by atoms with Gasteiger partial charge < -0.3 is 10.4 Å². The lowest BCUT2D eigenvalue weighted by molar-refractivity contribution is -0.128. The number of nitrogens with zero attached hydrogens (tertiary/aromatic N) is 1. The smallest absolute Gasteiger partial charge is 0.335 e. The number of likely N-dealkylation sites (tertiary alicyclic amines) is 1. The number of amides is 1. The van der Waals surface area contributed by atoms with E-state index in [1.54, 1.807) is 24.3 Å². The molecule has 1 heterocycles. The summed E-state index contributed by atoms with van der Waals surface area (Å²) in [6, 6.07) is 14.8. The number of carbonyl (C=O) groups excluding carboxylic acids is 1. The topological polar surface area (TPSA) is 69.6 Å². The first-order chi connectivity index (χ1) is 13.4. The molecular formula is C23H28N2O3. The molecule has 2 aromatic carbocycles. The first-order valence-electron chi connectivity index (χ1n) is 9.87. The van der Waals surface area contributed by atoms with Gasteiger partial charge >= 0.3 is 5.97 Å². The van der Waals surface area contributed by atoms with Gasteiger partial charge in [0, 0.05) is 6.54 Å². The number of piperidine rings is 1. The van der Waals surface area contributed by atoms with Crippen LogP contribution in [-0.2, 0) is 11.3 Å². The Morgan fingerprint density at radius 1 is 1.18 bits per heavy atom. The molecule has 148 valence electrons. The summed E-state index contributed by atoms with van der Waals surface area (Å²) in [5.74, 6) is -0.903. The summed E-state index contributed by atoms with van der Waals surface area (Å²) in [6.45, 7) is 5.72. The van der Waals surface area contributed by atoms with E-state index < -0.39 is 5.97 Å². The van der Waals surface area contributed by atoms with Crippen LogP contribution in [0.25, 0.3) is 0 Å². The van der Waals surface area contributed by atoms with Gasteiger partial charge in [-0.2, -0.15) is 0 Å². The number of benzene rings is 2. The molecule has 0 bridgehead atoms. The predicted octanol–water partition coefficient (Wildman–Crippen LogP) is 3.93. The Morgan fingerprint density at radius 2 is 1.93 bits per heavy atom. The highest BCUT2D eigenvalue weighted by atomic mass is 16.4. The molecule has 1 amide bonds. The second kappa shape index (κ2) is 9.02. The fourth-order valence-electron chi connectivity index (χ4n) is 3.83. The normalized spacial score (nSPS) is 18.4. The van der Waals surface area contributed by atoms with E-state index in [-0.39, 0.29) is 23.6 Å². The van der Waals surface area contributed by atoms with Crippen molar-refractivity contribution in [3.63, 3.8) is 0 Å². The van der Waals surface area contributed by atoms with Crippen molar-refractivity contribution >= 4 is 11.9 Å². The first-order valence-corrected chi connectivity index (χ1v) is 9.87. The van der Waals surface area contributed by atoms with Gasteiger partial charge in [-0.25, -0.2) is 4.79 Å². The highest BCUT2D eigenvalue weighted by molar-refractivity contribution is 5.87. The van der Waals surface area contributed by atoms with Crippen molar-refractivity contribution < 1.29 is 14.7 Å². The van der Waals surface area contributed by atoms with Crippen LogP contribution in [0.5, 0.6) is 0 Å². The van der Waals surface area contributed by atoms with Gasteiger partial charge in [-0.05, 0) is 56.5 Å². The number of carbonyl (C=O) groups is 2. The van der Waals surface area contributed by atoms with Gasteiger partial charge in [0.25, 0.3) is 0 Å². The molecule has 2 aromatic rings. The number of hydrogen-bond donors (Lipinski definition) is 2. The third-order valence-corrected chi connectivity index (χ3v) is 5.40. The Hall–Kier alpha value is -2.66. The minimum Gasteiger partial charge on any atom is -0.478 e. The highest BCUT2D eigenvalue weighted by Gasteiger charge is 2.29. The van der Waals surface area contributed by atoms with Crippen LogP contribution in [0.15, 0.2) is 48.5 Å². The Kier molecular flexibility index (Phi) is 6.47. The molecule has 0 aliphatic carbocycles. The molecule has 3 rings (SSSR count). The highest BCUT2D eigenvalue weighted by Crippen LogP contribution is 2.22. The van der Waals surface area contributed by atoms with Crippen molar-refractivity contribution in [1.82, 2.24) is 10.2 Å². The van der Waals surface area contributed by atoms with E-state index in [2.05, 4.69) is 41.4 Å².